The number of benzene rings is 2. The number of hydrogen-bond acceptors (Lipinski definition) is 3. The van der Waals surface area contributed by atoms with Crippen LogP contribution in [0.5, 0.6) is 5.75 Å². The van der Waals surface area contributed by atoms with Gasteiger partial charge in [-0.1, -0.05) is 42.5 Å². The lowest BCUT2D eigenvalue weighted by Crippen LogP contribution is -1.87. The van der Waals surface area contributed by atoms with Crippen LogP contribution in [-0.4, -0.2) is 13.4 Å². The molecule has 0 saturated heterocycles. The number of carbonyl (C=O) groups is 1. The summed E-state index contributed by atoms with van der Waals surface area (Å²) in [7, 11) is 1.66. The summed E-state index contributed by atoms with van der Waals surface area (Å²) in [5.74, 6) is 1.86. The van der Waals surface area contributed by atoms with Crippen molar-refractivity contribution in [3.8, 4) is 28.2 Å². The minimum absolute atomic E-state index is 0.332. The average molecular weight is 278 g/mol. The van der Waals surface area contributed by atoms with Crippen molar-refractivity contribution in [2.45, 2.75) is 0 Å². The van der Waals surface area contributed by atoms with Crippen molar-refractivity contribution in [3.05, 3.63) is 66.4 Å². The molecule has 0 radical (unpaired) electrons. The van der Waals surface area contributed by atoms with Crippen molar-refractivity contribution >= 4 is 6.29 Å². The number of aldehydes is 1. The van der Waals surface area contributed by atoms with Gasteiger partial charge >= 0.3 is 0 Å². The molecule has 0 aliphatic carbocycles. The molecule has 104 valence electrons. The van der Waals surface area contributed by atoms with E-state index >= 15 is 0 Å². The zero-order valence-electron chi connectivity index (χ0n) is 11.6. The third-order valence-corrected chi connectivity index (χ3v) is 3.33. The van der Waals surface area contributed by atoms with E-state index in [0.29, 0.717) is 17.8 Å². The molecule has 0 N–H and O–H groups in total. The molecule has 21 heavy (non-hydrogen) atoms. The Morgan fingerprint density at radius 2 is 1.62 bits per heavy atom. The minimum Gasteiger partial charge on any atom is -0.496 e. The van der Waals surface area contributed by atoms with Gasteiger partial charge in [0.05, 0.1) is 7.11 Å². The first-order chi connectivity index (χ1) is 10.3. The Bertz CT molecular complexity index is 754. The number of para-hydroxylation sites is 1. The number of carbonyl (C=O) groups excluding carboxylic acids is 1. The Labute approximate surface area is 122 Å². The van der Waals surface area contributed by atoms with Crippen molar-refractivity contribution in [3.63, 3.8) is 0 Å². The topological polar surface area (TPSA) is 39.4 Å². The molecular formula is C18H14O3. The van der Waals surface area contributed by atoms with Crippen molar-refractivity contribution < 1.29 is 13.9 Å². The van der Waals surface area contributed by atoms with E-state index in [1.807, 2.05) is 48.5 Å². The van der Waals surface area contributed by atoms with Crippen LogP contribution in [0, 0.1) is 0 Å². The fourth-order valence-corrected chi connectivity index (χ4v) is 2.27. The molecule has 0 fully saturated rings. The maximum atomic E-state index is 10.7. The Balaban J connectivity index is 1.95. The van der Waals surface area contributed by atoms with Gasteiger partial charge in [0.1, 0.15) is 11.5 Å². The van der Waals surface area contributed by atoms with Crippen molar-refractivity contribution in [1.29, 1.82) is 0 Å². The van der Waals surface area contributed by atoms with E-state index in [1.54, 1.807) is 19.2 Å². The third-order valence-electron chi connectivity index (χ3n) is 3.33. The maximum Gasteiger partial charge on any atom is 0.185 e. The van der Waals surface area contributed by atoms with Crippen molar-refractivity contribution in [2.75, 3.05) is 7.11 Å². The summed E-state index contributed by atoms with van der Waals surface area (Å²) in [6, 6.07) is 19.3. The normalized spacial score (nSPS) is 10.3. The van der Waals surface area contributed by atoms with Gasteiger partial charge in [0.15, 0.2) is 12.0 Å². The minimum atomic E-state index is 0.332. The summed E-state index contributed by atoms with van der Waals surface area (Å²) in [5.41, 5.74) is 3.04. The lowest BCUT2D eigenvalue weighted by molar-refractivity contribution is 0.110. The lowest BCUT2D eigenvalue weighted by atomic mass is 10.0. The Kier molecular flexibility index (Phi) is 3.56. The molecule has 0 aliphatic rings. The quantitative estimate of drug-likeness (QED) is 0.662. The highest BCUT2D eigenvalue weighted by molar-refractivity contribution is 5.75. The summed E-state index contributed by atoms with van der Waals surface area (Å²) in [5, 5.41) is 0. The van der Waals surface area contributed by atoms with Gasteiger partial charge in [-0.15, -0.1) is 0 Å². The number of methoxy groups -OCH3 is 1. The SMILES string of the molecule is COc1ccccc1-c1ccc(-c2ccc(C=O)o2)cc1. The highest BCUT2D eigenvalue weighted by atomic mass is 16.5. The van der Waals surface area contributed by atoms with Crippen LogP contribution in [0.3, 0.4) is 0 Å². The van der Waals surface area contributed by atoms with Crippen LogP contribution in [0.4, 0.5) is 0 Å². The van der Waals surface area contributed by atoms with E-state index in [4.69, 9.17) is 9.15 Å². The zero-order chi connectivity index (χ0) is 14.7. The molecule has 1 aromatic heterocycles. The molecule has 3 nitrogen and oxygen atoms in total. The van der Waals surface area contributed by atoms with Gasteiger partial charge in [-0.25, -0.2) is 0 Å². The first kappa shape index (κ1) is 13.2. The second kappa shape index (κ2) is 5.67. The molecule has 1 heterocycles. The molecule has 0 bridgehead atoms. The summed E-state index contributed by atoms with van der Waals surface area (Å²) in [6.45, 7) is 0. The van der Waals surface area contributed by atoms with Crippen LogP contribution in [0.2, 0.25) is 0 Å². The lowest BCUT2D eigenvalue weighted by Gasteiger charge is -2.08. The molecule has 0 atom stereocenters. The monoisotopic (exact) mass is 278 g/mol. The molecule has 0 unspecified atom stereocenters. The first-order valence-corrected chi connectivity index (χ1v) is 6.60. The standard InChI is InChI=1S/C18H14O3/c1-20-18-5-3-2-4-16(18)13-6-8-14(9-7-13)17-11-10-15(12-19)21-17/h2-12H,1H3. The number of rotatable bonds is 4. The fraction of sp³-hybridized carbons (Fsp3) is 0.0556. The third kappa shape index (κ3) is 2.58. The van der Waals surface area contributed by atoms with Crippen LogP contribution >= 0.6 is 0 Å². The first-order valence-electron chi connectivity index (χ1n) is 6.60. The summed E-state index contributed by atoms with van der Waals surface area (Å²) < 4.78 is 10.8. The van der Waals surface area contributed by atoms with Crippen LogP contribution in [0.1, 0.15) is 10.6 Å². The largest absolute Gasteiger partial charge is 0.496 e. The van der Waals surface area contributed by atoms with Crippen molar-refractivity contribution in [2.24, 2.45) is 0 Å². The van der Waals surface area contributed by atoms with Gasteiger partial charge < -0.3 is 9.15 Å². The summed E-state index contributed by atoms with van der Waals surface area (Å²) in [6.07, 6.45) is 0.701. The van der Waals surface area contributed by atoms with Crippen LogP contribution in [0.25, 0.3) is 22.5 Å². The van der Waals surface area contributed by atoms with E-state index in [-0.39, 0.29) is 0 Å². The molecule has 0 saturated carbocycles. The molecular weight excluding hydrogens is 264 g/mol. The smallest absolute Gasteiger partial charge is 0.185 e. The molecule has 0 aliphatic heterocycles. The van der Waals surface area contributed by atoms with Gasteiger partial charge in [-0.05, 0) is 23.8 Å². The Morgan fingerprint density at radius 1 is 0.905 bits per heavy atom. The molecule has 3 heteroatoms. The van der Waals surface area contributed by atoms with Crippen molar-refractivity contribution in [1.82, 2.24) is 0 Å². The second-order valence-corrected chi connectivity index (χ2v) is 4.60. The van der Waals surface area contributed by atoms with E-state index in [0.717, 1.165) is 22.4 Å². The average Bonchev–Trinajstić information content (AvgIpc) is 3.04. The molecule has 0 amide bonds. The fourth-order valence-electron chi connectivity index (χ4n) is 2.27. The van der Waals surface area contributed by atoms with E-state index in [9.17, 15) is 4.79 Å². The summed E-state index contributed by atoms with van der Waals surface area (Å²) >= 11 is 0. The zero-order valence-corrected chi connectivity index (χ0v) is 11.6. The maximum absolute atomic E-state index is 10.7. The van der Waals surface area contributed by atoms with Crippen LogP contribution in [-0.2, 0) is 0 Å². The van der Waals surface area contributed by atoms with Gasteiger partial charge in [0.25, 0.3) is 0 Å². The molecule has 0 spiro atoms. The summed E-state index contributed by atoms with van der Waals surface area (Å²) in [4.78, 5) is 10.7. The van der Waals surface area contributed by atoms with E-state index in [1.165, 1.54) is 0 Å². The highest BCUT2D eigenvalue weighted by Crippen LogP contribution is 2.31. The predicted octanol–water partition coefficient (Wildman–Crippen LogP) is 4.43. The Morgan fingerprint density at radius 3 is 2.29 bits per heavy atom. The molecule has 2 aromatic carbocycles. The number of furan rings is 1. The van der Waals surface area contributed by atoms with Gasteiger partial charge in [0, 0.05) is 11.1 Å². The van der Waals surface area contributed by atoms with E-state index < -0.39 is 0 Å². The number of hydrogen-bond donors (Lipinski definition) is 0. The van der Waals surface area contributed by atoms with Gasteiger partial charge in [-0.2, -0.15) is 0 Å². The van der Waals surface area contributed by atoms with Gasteiger partial charge in [0.2, 0.25) is 0 Å². The highest BCUT2D eigenvalue weighted by Gasteiger charge is 2.07. The van der Waals surface area contributed by atoms with Gasteiger partial charge in [-0.3, -0.25) is 4.79 Å². The van der Waals surface area contributed by atoms with E-state index in [2.05, 4.69) is 0 Å². The Hall–Kier alpha value is -2.81. The predicted molar refractivity (Wildman–Crippen MR) is 81.5 cm³/mol. The second-order valence-electron chi connectivity index (χ2n) is 4.60. The van der Waals surface area contributed by atoms with Crippen LogP contribution in [0.15, 0.2) is 65.1 Å². The molecule has 3 aromatic rings. The number of ether oxygens (including phenoxy) is 1. The van der Waals surface area contributed by atoms with Crippen LogP contribution < -0.4 is 4.74 Å². The molecule has 3 rings (SSSR count).